The number of carbonyl (C=O) groups is 1. The van der Waals surface area contributed by atoms with Crippen LogP contribution in [0.4, 0.5) is 0 Å². The van der Waals surface area contributed by atoms with Crippen molar-refractivity contribution in [3.05, 3.63) is 0 Å². The highest BCUT2D eigenvalue weighted by Gasteiger charge is 2.23. The summed E-state index contributed by atoms with van der Waals surface area (Å²) in [4.78, 5) is 14.0. The van der Waals surface area contributed by atoms with Crippen LogP contribution in [0.5, 0.6) is 0 Å². The fourth-order valence-electron chi connectivity index (χ4n) is 2.51. The van der Waals surface area contributed by atoms with Crippen LogP contribution in [0.15, 0.2) is 0 Å². The second-order valence-corrected chi connectivity index (χ2v) is 4.68. The van der Waals surface area contributed by atoms with E-state index in [9.17, 15) is 4.79 Å². The van der Waals surface area contributed by atoms with Gasteiger partial charge in [0.25, 0.3) is 0 Å². The van der Waals surface area contributed by atoms with Crippen LogP contribution in [-0.4, -0.2) is 35.6 Å². The maximum Gasteiger partial charge on any atom is 0.225 e. The summed E-state index contributed by atoms with van der Waals surface area (Å²) in [6, 6.07) is 0. The number of aliphatic hydroxyl groups is 1. The molecule has 1 saturated carbocycles. The molecule has 1 aliphatic carbocycles. The molecule has 3 heteroatoms. The normalized spacial score (nSPS) is 18.9. The Bertz CT molecular complexity index is 198. The van der Waals surface area contributed by atoms with Crippen molar-refractivity contribution in [3.63, 3.8) is 0 Å². The molecule has 16 heavy (non-hydrogen) atoms. The standard InChI is InChI=1S/C13H25NO2/c1-2-14(10-11-15)13(16)12-8-6-4-3-5-7-9-12/h12,15H,2-11H2,1H3. The fraction of sp³-hybridized carbons (Fsp3) is 0.923. The number of hydrogen-bond donors (Lipinski definition) is 1. The van der Waals surface area contributed by atoms with Crippen LogP contribution >= 0.6 is 0 Å². The molecule has 0 bridgehead atoms. The minimum absolute atomic E-state index is 0.0757. The van der Waals surface area contributed by atoms with Crippen molar-refractivity contribution >= 4 is 5.91 Å². The number of likely N-dealkylation sites (N-methyl/N-ethyl adjacent to an activating group) is 1. The predicted molar refractivity (Wildman–Crippen MR) is 65.1 cm³/mol. The molecule has 0 aliphatic heterocycles. The Kier molecular flexibility index (Phi) is 6.46. The molecule has 0 aromatic rings. The number of hydrogen-bond acceptors (Lipinski definition) is 2. The van der Waals surface area contributed by atoms with E-state index in [0.717, 1.165) is 19.4 Å². The Morgan fingerprint density at radius 2 is 1.75 bits per heavy atom. The smallest absolute Gasteiger partial charge is 0.225 e. The van der Waals surface area contributed by atoms with Crippen LogP contribution in [0.2, 0.25) is 0 Å². The van der Waals surface area contributed by atoms with Gasteiger partial charge < -0.3 is 10.0 Å². The average molecular weight is 227 g/mol. The summed E-state index contributed by atoms with van der Waals surface area (Å²) in [6.45, 7) is 3.27. The van der Waals surface area contributed by atoms with E-state index in [0.29, 0.717) is 6.54 Å². The summed E-state index contributed by atoms with van der Waals surface area (Å²) >= 11 is 0. The van der Waals surface area contributed by atoms with Gasteiger partial charge in [-0.25, -0.2) is 0 Å². The van der Waals surface area contributed by atoms with E-state index in [2.05, 4.69) is 0 Å². The number of aliphatic hydroxyl groups excluding tert-OH is 1. The number of carbonyl (C=O) groups excluding carboxylic acids is 1. The summed E-state index contributed by atoms with van der Waals surface area (Å²) in [7, 11) is 0. The second kappa shape index (κ2) is 7.66. The fourth-order valence-corrected chi connectivity index (χ4v) is 2.51. The Morgan fingerprint density at radius 1 is 1.19 bits per heavy atom. The molecule has 3 nitrogen and oxygen atoms in total. The molecule has 0 spiro atoms. The van der Waals surface area contributed by atoms with Crippen molar-refractivity contribution in [2.45, 2.75) is 51.9 Å². The maximum atomic E-state index is 12.2. The molecule has 1 rings (SSSR count). The minimum atomic E-state index is 0.0757. The van der Waals surface area contributed by atoms with Crippen molar-refractivity contribution in [1.82, 2.24) is 4.90 Å². The lowest BCUT2D eigenvalue weighted by Gasteiger charge is -2.26. The van der Waals surface area contributed by atoms with Gasteiger partial charge in [0.1, 0.15) is 0 Å². The highest BCUT2D eigenvalue weighted by Crippen LogP contribution is 2.23. The molecule has 0 saturated heterocycles. The molecule has 0 radical (unpaired) electrons. The van der Waals surface area contributed by atoms with Crippen molar-refractivity contribution in [2.75, 3.05) is 19.7 Å². The van der Waals surface area contributed by atoms with E-state index in [1.54, 1.807) is 4.90 Å². The van der Waals surface area contributed by atoms with Crippen molar-refractivity contribution < 1.29 is 9.90 Å². The largest absolute Gasteiger partial charge is 0.395 e. The molecule has 1 N–H and O–H groups in total. The minimum Gasteiger partial charge on any atom is -0.395 e. The van der Waals surface area contributed by atoms with Crippen molar-refractivity contribution in [3.8, 4) is 0 Å². The number of nitrogens with zero attached hydrogens (tertiary/aromatic N) is 1. The first kappa shape index (κ1) is 13.5. The van der Waals surface area contributed by atoms with Crippen molar-refractivity contribution in [2.24, 2.45) is 5.92 Å². The molecule has 0 aromatic carbocycles. The summed E-state index contributed by atoms with van der Waals surface area (Å²) in [5.41, 5.74) is 0. The Labute approximate surface area is 98.8 Å². The van der Waals surface area contributed by atoms with Gasteiger partial charge in [0.2, 0.25) is 5.91 Å². The third-order valence-electron chi connectivity index (χ3n) is 3.52. The quantitative estimate of drug-likeness (QED) is 0.799. The zero-order valence-electron chi connectivity index (χ0n) is 10.5. The summed E-state index contributed by atoms with van der Waals surface area (Å²) < 4.78 is 0. The number of rotatable bonds is 4. The molecule has 0 heterocycles. The summed E-state index contributed by atoms with van der Waals surface area (Å²) in [5.74, 6) is 0.477. The SMILES string of the molecule is CCN(CCO)C(=O)C1CCCCCCC1. The number of amides is 1. The first-order valence-corrected chi connectivity index (χ1v) is 6.69. The summed E-state index contributed by atoms with van der Waals surface area (Å²) in [6.07, 6.45) is 8.34. The molecule has 1 amide bonds. The lowest BCUT2D eigenvalue weighted by Crippen LogP contribution is -2.38. The molecular weight excluding hydrogens is 202 g/mol. The molecular formula is C13H25NO2. The van der Waals surface area contributed by atoms with Crippen LogP contribution in [0.25, 0.3) is 0 Å². The monoisotopic (exact) mass is 227 g/mol. The van der Waals surface area contributed by atoms with E-state index >= 15 is 0 Å². The first-order chi connectivity index (χ1) is 7.79. The van der Waals surface area contributed by atoms with E-state index in [1.807, 2.05) is 6.92 Å². The Balaban J connectivity index is 2.47. The van der Waals surface area contributed by atoms with Crippen molar-refractivity contribution in [1.29, 1.82) is 0 Å². The topological polar surface area (TPSA) is 40.5 Å². The lowest BCUT2D eigenvalue weighted by molar-refractivity contribution is -0.136. The van der Waals surface area contributed by atoms with Gasteiger partial charge >= 0.3 is 0 Å². The lowest BCUT2D eigenvalue weighted by atomic mass is 9.90. The molecule has 94 valence electrons. The van der Waals surface area contributed by atoms with E-state index in [1.165, 1.54) is 32.1 Å². The second-order valence-electron chi connectivity index (χ2n) is 4.68. The summed E-state index contributed by atoms with van der Waals surface area (Å²) in [5, 5.41) is 8.92. The van der Waals surface area contributed by atoms with Crippen LogP contribution < -0.4 is 0 Å². The van der Waals surface area contributed by atoms with Crippen LogP contribution in [0.1, 0.15) is 51.9 Å². The molecule has 1 aliphatic rings. The van der Waals surface area contributed by atoms with Gasteiger partial charge in [0, 0.05) is 19.0 Å². The maximum absolute atomic E-state index is 12.2. The molecule has 0 atom stereocenters. The van der Waals surface area contributed by atoms with Gasteiger partial charge in [0.05, 0.1) is 6.61 Å². The van der Waals surface area contributed by atoms with Crippen LogP contribution in [0, 0.1) is 5.92 Å². The van der Waals surface area contributed by atoms with Gasteiger partial charge in [-0.2, -0.15) is 0 Å². The van der Waals surface area contributed by atoms with Crippen LogP contribution in [0.3, 0.4) is 0 Å². The van der Waals surface area contributed by atoms with Gasteiger partial charge in [-0.3, -0.25) is 4.79 Å². The molecule has 0 unspecified atom stereocenters. The van der Waals surface area contributed by atoms with E-state index in [4.69, 9.17) is 5.11 Å². The van der Waals surface area contributed by atoms with Gasteiger partial charge in [-0.1, -0.05) is 32.1 Å². The van der Waals surface area contributed by atoms with E-state index < -0.39 is 0 Å². The van der Waals surface area contributed by atoms with Gasteiger partial charge in [-0.15, -0.1) is 0 Å². The zero-order chi connectivity index (χ0) is 11.8. The van der Waals surface area contributed by atoms with Gasteiger partial charge in [0.15, 0.2) is 0 Å². The third kappa shape index (κ3) is 4.12. The van der Waals surface area contributed by atoms with E-state index in [-0.39, 0.29) is 18.4 Å². The predicted octanol–water partition coefficient (Wildman–Crippen LogP) is 2.19. The average Bonchev–Trinajstić information content (AvgIpc) is 2.24. The first-order valence-electron chi connectivity index (χ1n) is 6.69. The molecule has 1 fully saturated rings. The highest BCUT2D eigenvalue weighted by atomic mass is 16.3. The Hall–Kier alpha value is -0.570. The van der Waals surface area contributed by atoms with Crippen LogP contribution in [-0.2, 0) is 4.79 Å². The zero-order valence-corrected chi connectivity index (χ0v) is 10.5. The van der Waals surface area contributed by atoms with Gasteiger partial charge in [-0.05, 0) is 19.8 Å². The third-order valence-corrected chi connectivity index (χ3v) is 3.52. The Morgan fingerprint density at radius 3 is 2.25 bits per heavy atom. The highest BCUT2D eigenvalue weighted by molar-refractivity contribution is 5.78. The molecule has 0 aromatic heterocycles.